The van der Waals surface area contributed by atoms with Gasteiger partial charge in [0.1, 0.15) is 0 Å². The zero-order valence-corrected chi connectivity index (χ0v) is 11.7. The molecule has 0 aromatic heterocycles. The fourth-order valence-electron chi connectivity index (χ4n) is 0.706. The van der Waals surface area contributed by atoms with Crippen molar-refractivity contribution in [2.45, 2.75) is 37.9 Å². The molecule has 0 saturated carbocycles. The van der Waals surface area contributed by atoms with Crippen molar-refractivity contribution in [3.63, 3.8) is 0 Å². The molecule has 0 amide bonds. The van der Waals surface area contributed by atoms with E-state index in [1.54, 1.807) is 6.92 Å². The smallest absolute Gasteiger partial charge is 0.743 e. The second-order valence-electron chi connectivity index (χ2n) is 2.55. The maximum atomic E-state index is 12.4. The first kappa shape index (κ1) is 16.8. The van der Waals surface area contributed by atoms with E-state index in [2.05, 4.69) is 0 Å². The van der Waals surface area contributed by atoms with Gasteiger partial charge in [0.05, 0.1) is 0 Å². The summed E-state index contributed by atoms with van der Waals surface area (Å²) < 4.78 is 54.5. The van der Waals surface area contributed by atoms with E-state index in [1.165, 1.54) is 0 Å². The van der Waals surface area contributed by atoms with Crippen molar-refractivity contribution < 1.29 is 73.1 Å². The molecule has 0 fully saturated rings. The van der Waals surface area contributed by atoms with Crippen molar-refractivity contribution in [2.75, 3.05) is 0 Å². The van der Waals surface area contributed by atoms with E-state index in [9.17, 15) is 21.8 Å². The first-order valence-electron chi connectivity index (χ1n) is 3.64. The Balaban J connectivity index is 0. The van der Waals surface area contributed by atoms with Crippen molar-refractivity contribution in [3.05, 3.63) is 0 Å². The van der Waals surface area contributed by atoms with Gasteiger partial charge in [0.2, 0.25) is 0 Å². The molecule has 0 saturated heterocycles. The van der Waals surface area contributed by atoms with E-state index in [1.807, 2.05) is 0 Å². The van der Waals surface area contributed by atoms with Gasteiger partial charge < -0.3 is 4.55 Å². The van der Waals surface area contributed by atoms with Crippen LogP contribution in [0.4, 0.5) is 8.78 Å². The summed E-state index contributed by atoms with van der Waals surface area (Å²) >= 11 is 0. The van der Waals surface area contributed by atoms with Crippen LogP contribution < -0.4 is 51.4 Å². The molecule has 74 valence electrons. The van der Waals surface area contributed by atoms with Crippen LogP contribution in [0.1, 0.15) is 32.6 Å². The van der Waals surface area contributed by atoms with Gasteiger partial charge in [0, 0.05) is 6.42 Å². The van der Waals surface area contributed by atoms with Gasteiger partial charge in [0.15, 0.2) is 10.1 Å². The van der Waals surface area contributed by atoms with Crippen molar-refractivity contribution in [2.24, 2.45) is 0 Å². The van der Waals surface area contributed by atoms with Crippen LogP contribution in [-0.2, 0) is 10.1 Å². The third kappa shape index (κ3) is 6.48. The minimum absolute atomic E-state index is 0. The molecule has 0 heterocycles. The average Bonchev–Trinajstić information content (AvgIpc) is 1.85. The molecule has 0 spiro atoms. The van der Waals surface area contributed by atoms with Gasteiger partial charge in [-0.15, -0.1) is 0 Å². The van der Waals surface area contributed by atoms with Crippen molar-refractivity contribution in [3.8, 4) is 0 Å². The summed E-state index contributed by atoms with van der Waals surface area (Å²) in [5.41, 5.74) is 0. The minimum atomic E-state index is -5.47. The quantitative estimate of drug-likeness (QED) is 0.341. The summed E-state index contributed by atoms with van der Waals surface area (Å²) in [6, 6.07) is 0. The Labute approximate surface area is 119 Å². The molecule has 0 aromatic rings. The molecule has 7 heteroatoms. The summed E-state index contributed by atoms with van der Waals surface area (Å²) in [6.07, 6.45) is 0.401. The predicted molar refractivity (Wildman–Crippen MR) is 38.8 cm³/mol. The Bertz CT molecular complexity index is 228. The van der Waals surface area contributed by atoms with E-state index in [4.69, 9.17) is 0 Å². The van der Waals surface area contributed by atoms with E-state index in [0.29, 0.717) is 12.8 Å². The number of alkyl halides is 2. The average molecular weight is 240 g/mol. The maximum Gasteiger partial charge on any atom is 1.00 e. The van der Waals surface area contributed by atoms with E-state index in [-0.39, 0.29) is 57.8 Å². The Morgan fingerprint density at radius 3 is 2.08 bits per heavy atom. The number of unbranched alkanes of at least 4 members (excludes halogenated alkanes) is 2. The van der Waals surface area contributed by atoms with Gasteiger partial charge in [-0.1, -0.05) is 19.8 Å². The second-order valence-corrected chi connectivity index (χ2v) is 4.05. The van der Waals surface area contributed by atoms with Crippen LogP contribution in [0.3, 0.4) is 0 Å². The zero-order valence-electron chi connectivity index (χ0n) is 7.72. The first-order valence-corrected chi connectivity index (χ1v) is 5.05. The van der Waals surface area contributed by atoms with Crippen LogP contribution in [0.25, 0.3) is 0 Å². The summed E-state index contributed by atoms with van der Waals surface area (Å²) in [7, 11) is -5.47. The monoisotopic (exact) mass is 240 g/mol. The largest absolute Gasteiger partial charge is 1.00 e. The SMILES string of the molecule is CCCCCC(F)(F)S(=O)(=O)[O-].[K+]. The van der Waals surface area contributed by atoms with Gasteiger partial charge in [-0.3, -0.25) is 0 Å². The summed E-state index contributed by atoms with van der Waals surface area (Å²) in [4.78, 5) is 0. The molecule has 0 aliphatic heterocycles. The summed E-state index contributed by atoms with van der Waals surface area (Å²) in [6.45, 7) is 1.80. The van der Waals surface area contributed by atoms with Crippen LogP contribution in [-0.4, -0.2) is 18.2 Å². The molecule has 3 nitrogen and oxygen atoms in total. The molecule has 0 aromatic carbocycles. The molecular weight excluding hydrogens is 229 g/mol. The van der Waals surface area contributed by atoms with E-state index in [0.717, 1.165) is 0 Å². The molecule has 0 rings (SSSR count). The standard InChI is InChI=1S/C6H12F2O3S.K/c1-2-3-4-5-6(7,8)12(9,10)11;/h2-5H2,1H3,(H,9,10,11);/q;+1/p-1. The minimum Gasteiger partial charge on any atom is -0.743 e. The zero-order chi connectivity index (χ0) is 9.83. The van der Waals surface area contributed by atoms with Gasteiger partial charge in [-0.25, -0.2) is 8.42 Å². The Morgan fingerprint density at radius 1 is 1.31 bits per heavy atom. The molecular formula is C6H11F2KO3S. The Morgan fingerprint density at radius 2 is 1.77 bits per heavy atom. The van der Waals surface area contributed by atoms with Crippen LogP contribution in [0.2, 0.25) is 0 Å². The van der Waals surface area contributed by atoms with Crippen LogP contribution >= 0.6 is 0 Å². The van der Waals surface area contributed by atoms with Crippen molar-refractivity contribution >= 4 is 10.1 Å². The van der Waals surface area contributed by atoms with Gasteiger partial charge in [0.25, 0.3) is 0 Å². The predicted octanol–water partition coefficient (Wildman–Crippen LogP) is -1.29. The topological polar surface area (TPSA) is 57.2 Å². The normalized spacial score (nSPS) is 12.3. The number of halogens is 2. The van der Waals surface area contributed by atoms with Crippen molar-refractivity contribution in [1.29, 1.82) is 0 Å². The molecule has 0 aliphatic rings. The number of hydrogen-bond acceptors (Lipinski definition) is 3. The van der Waals surface area contributed by atoms with Crippen LogP contribution in [0.5, 0.6) is 0 Å². The number of hydrogen-bond donors (Lipinski definition) is 0. The summed E-state index contributed by atoms with van der Waals surface area (Å²) in [5.74, 6) is 0. The number of rotatable bonds is 5. The second kappa shape index (κ2) is 6.81. The Hall–Kier alpha value is 1.41. The van der Waals surface area contributed by atoms with Crippen LogP contribution in [0.15, 0.2) is 0 Å². The summed E-state index contributed by atoms with van der Waals surface area (Å²) in [5, 5.41) is -4.10. The van der Waals surface area contributed by atoms with Crippen molar-refractivity contribution in [1.82, 2.24) is 0 Å². The first-order chi connectivity index (χ1) is 5.31. The molecule has 0 N–H and O–H groups in total. The fourth-order valence-corrected chi connectivity index (χ4v) is 1.10. The van der Waals surface area contributed by atoms with E-state index >= 15 is 0 Å². The maximum absolute atomic E-state index is 12.4. The Kier molecular flexibility index (Phi) is 8.81. The molecule has 0 atom stereocenters. The molecule has 0 bridgehead atoms. The third-order valence-electron chi connectivity index (χ3n) is 1.44. The van der Waals surface area contributed by atoms with Crippen LogP contribution in [0, 0.1) is 0 Å². The molecule has 0 unspecified atom stereocenters. The van der Waals surface area contributed by atoms with Gasteiger partial charge in [-0.05, 0) is 6.42 Å². The molecule has 13 heavy (non-hydrogen) atoms. The van der Waals surface area contributed by atoms with E-state index < -0.39 is 21.8 Å². The van der Waals surface area contributed by atoms with Gasteiger partial charge in [-0.2, -0.15) is 8.78 Å². The van der Waals surface area contributed by atoms with Gasteiger partial charge >= 0.3 is 56.6 Å². The fraction of sp³-hybridized carbons (Fsp3) is 1.00. The molecule has 0 radical (unpaired) electrons. The molecule has 0 aliphatic carbocycles. The third-order valence-corrected chi connectivity index (χ3v) is 2.37.